The number of hydrogen-bond donors (Lipinski definition) is 1. The Hall–Kier alpha value is -1.16. The third-order valence-electron chi connectivity index (χ3n) is 2.95. The van der Waals surface area contributed by atoms with Crippen molar-refractivity contribution in [2.75, 3.05) is 7.11 Å². The minimum Gasteiger partial charge on any atom is -0.374 e. The van der Waals surface area contributed by atoms with Crippen LogP contribution in [0.15, 0.2) is 4.79 Å². The van der Waals surface area contributed by atoms with Gasteiger partial charge in [-0.15, -0.1) is 0 Å². The van der Waals surface area contributed by atoms with E-state index in [1.54, 1.807) is 7.11 Å². The standard InChI is InChI=1S/C11H16N2O2/c1-7(15-2)10-12-9-6-4-3-5-8(9)11(14)13-10/h7H,3-6H2,1-2H3,(H,12,13,14). The fraction of sp³-hybridized carbons (Fsp3) is 0.636. The second-order valence-electron chi connectivity index (χ2n) is 3.96. The van der Waals surface area contributed by atoms with E-state index < -0.39 is 0 Å². The molecule has 1 aliphatic carbocycles. The number of aromatic amines is 1. The zero-order chi connectivity index (χ0) is 10.8. The van der Waals surface area contributed by atoms with Crippen molar-refractivity contribution in [1.82, 2.24) is 9.97 Å². The predicted octanol–water partition coefficient (Wildman–Crippen LogP) is 1.36. The Bertz CT molecular complexity index is 412. The van der Waals surface area contributed by atoms with Crippen molar-refractivity contribution in [2.24, 2.45) is 0 Å². The van der Waals surface area contributed by atoms with Crippen LogP contribution in [-0.4, -0.2) is 17.1 Å². The quantitative estimate of drug-likeness (QED) is 0.798. The molecule has 0 bridgehead atoms. The molecule has 0 aromatic carbocycles. The SMILES string of the molecule is COC(C)c1nc2c(c(=O)[nH]1)CCCC2. The van der Waals surface area contributed by atoms with Gasteiger partial charge in [0.1, 0.15) is 11.9 Å². The van der Waals surface area contributed by atoms with Gasteiger partial charge in [0.2, 0.25) is 0 Å². The molecule has 1 atom stereocenters. The lowest BCUT2D eigenvalue weighted by molar-refractivity contribution is 0.111. The second-order valence-corrected chi connectivity index (χ2v) is 3.96. The molecule has 0 radical (unpaired) electrons. The molecular weight excluding hydrogens is 192 g/mol. The Morgan fingerprint density at radius 2 is 2.13 bits per heavy atom. The molecule has 4 heteroatoms. The van der Waals surface area contributed by atoms with Crippen molar-refractivity contribution in [1.29, 1.82) is 0 Å². The van der Waals surface area contributed by atoms with E-state index in [1.165, 1.54) is 0 Å². The largest absolute Gasteiger partial charge is 0.374 e. The average molecular weight is 208 g/mol. The van der Waals surface area contributed by atoms with Crippen LogP contribution in [0.1, 0.15) is 43.0 Å². The molecule has 2 rings (SSSR count). The topological polar surface area (TPSA) is 55.0 Å². The number of rotatable bonds is 2. The molecule has 1 aliphatic rings. The third kappa shape index (κ3) is 1.95. The molecule has 82 valence electrons. The van der Waals surface area contributed by atoms with Crippen LogP contribution in [0, 0.1) is 0 Å². The lowest BCUT2D eigenvalue weighted by Crippen LogP contribution is -2.24. The summed E-state index contributed by atoms with van der Waals surface area (Å²) in [5.74, 6) is 0.642. The molecule has 0 aliphatic heterocycles. The summed E-state index contributed by atoms with van der Waals surface area (Å²) >= 11 is 0. The Labute approximate surface area is 88.7 Å². The maximum atomic E-state index is 11.8. The summed E-state index contributed by atoms with van der Waals surface area (Å²) in [5.41, 5.74) is 1.84. The zero-order valence-corrected chi connectivity index (χ0v) is 9.17. The Balaban J connectivity index is 2.45. The third-order valence-corrected chi connectivity index (χ3v) is 2.95. The van der Waals surface area contributed by atoms with Crippen LogP contribution in [-0.2, 0) is 17.6 Å². The van der Waals surface area contributed by atoms with Gasteiger partial charge in [0.25, 0.3) is 5.56 Å². The summed E-state index contributed by atoms with van der Waals surface area (Å²) in [6.45, 7) is 1.88. The number of ether oxygens (including phenoxy) is 1. The van der Waals surface area contributed by atoms with Gasteiger partial charge in [-0.3, -0.25) is 4.79 Å². The molecule has 1 N–H and O–H groups in total. The average Bonchev–Trinajstić information content (AvgIpc) is 2.28. The highest BCUT2D eigenvalue weighted by molar-refractivity contribution is 5.21. The van der Waals surface area contributed by atoms with Crippen LogP contribution in [0.4, 0.5) is 0 Å². The minimum atomic E-state index is -0.148. The fourth-order valence-corrected chi connectivity index (χ4v) is 1.93. The first kappa shape index (κ1) is 10.4. The number of nitrogens with one attached hydrogen (secondary N) is 1. The van der Waals surface area contributed by atoms with Crippen LogP contribution in [0.25, 0.3) is 0 Å². The van der Waals surface area contributed by atoms with Crippen molar-refractivity contribution in [3.63, 3.8) is 0 Å². The highest BCUT2D eigenvalue weighted by atomic mass is 16.5. The fourth-order valence-electron chi connectivity index (χ4n) is 1.93. The smallest absolute Gasteiger partial charge is 0.254 e. The second kappa shape index (κ2) is 4.14. The van der Waals surface area contributed by atoms with E-state index in [-0.39, 0.29) is 11.7 Å². The van der Waals surface area contributed by atoms with Crippen molar-refractivity contribution < 1.29 is 4.74 Å². The maximum absolute atomic E-state index is 11.8. The molecule has 15 heavy (non-hydrogen) atoms. The maximum Gasteiger partial charge on any atom is 0.254 e. The van der Waals surface area contributed by atoms with Gasteiger partial charge in [-0.05, 0) is 32.6 Å². The van der Waals surface area contributed by atoms with Gasteiger partial charge >= 0.3 is 0 Å². The van der Waals surface area contributed by atoms with Gasteiger partial charge in [-0.25, -0.2) is 4.98 Å². The minimum absolute atomic E-state index is 0.0126. The van der Waals surface area contributed by atoms with Gasteiger partial charge in [0.15, 0.2) is 0 Å². The molecule has 1 heterocycles. The molecule has 0 spiro atoms. The Morgan fingerprint density at radius 1 is 1.40 bits per heavy atom. The van der Waals surface area contributed by atoms with Crippen molar-refractivity contribution in [2.45, 2.75) is 38.7 Å². The van der Waals surface area contributed by atoms with Crippen LogP contribution in [0.5, 0.6) is 0 Å². The van der Waals surface area contributed by atoms with Gasteiger partial charge in [0, 0.05) is 12.7 Å². The Kier molecular flexibility index (Phi) is 2.86. The van der Waals surface area contributed by atoms with Crippen molar-refractivity contribution >= 4 is 0 Å². The van der Waals surface area contributed by atoms with E-state index in [0.29, 0.717) is 5.82 Å². The number of hydrogen-bond acceptors (Lipinski definition) is 3. The van der Waals surface area contributed by atoms with Gasteiger partial charge in [-0.1, -0.05) is 0 Å². The van der Waals surface area contributed by atoms with E-state index in [0.717, 1.165) is 36.9 Å². The number of H-pyrrole nitrogens is 1. The van der Waals surface area contributed by atoms with E-state index in [1.807, 2.05) is 6.92 Å². The van der Waals surface area contributed by atoms with Gasteiger partial charge < -0.3 is 9.72 Å². The first-order valence-corrected chi connectivity index (χ1v) is 5.37. The molecule has 1 aromatic rings. The van der Waals surface area contributed by atoms with E-state index in [2.05, 4.69) is 9.97 Å². The summed E-state index contributed by atoms with van der Waals surface area (Å²) in [5, 5.41) is 0. The van der Waals surface area contributed by atoms with Crippen LogP contribution in [0.2, 0.25) is 0 Å². The molecule has 4 nitrogen and oxygen atoms in total. The van der Waals surface area contributed by atoms with Gasteiger partial charge in [-0.2, -0.15) is 0 Å². The monoisotopic (exact) mass is 208 g/mol. The highest BCUT2D eigenvalue weighted by Gasteiger charge is 2.17. The van der Waals surface area contributed by atoms with Crippen LogP contribution in [0.3, 0.4) is 0 Å². The summed E-state index contributed by atoms with van der Waals surface area (Å²) < 4.78 is 5.15. The molecule has 1 unspecified atom stereocenters. The molecule has 0 saturated heterocycles. The van der Waals surface area contributed by atoms with E-state index >= 15 is 0 Å². The first-order valence-electron chi connectivity index (χ1n) is 5.37. The van der Waals surface area contributed by atoms with Crippen LogP contribution < -0.4 is 5.56 Å². The number of nitrogens with zero attached hydrogens (tertiary/aromatic N) is 1. The van der Waals surface area contributed by atoms with E-state index in [9.17, 15) is 4.79 Å². The summed E-state index contributed by atoms with van der Waals surface area (Å²) in [6, 6.07) is 0. The molecule has 0 fully saturated rings. The number of aromatic nitrogens is 2. The highest BCUT2D eigenvalue weighted by Crippen LogP contribution is 2.18. The molecular formula is C11H16N2O2. The van der Waals surface area contributed by atoms with E-state index in [4.69, 9.17) is 4.74 Å². The Morgan fingerprint density at radius 3 is 2.87 bits per heavy atom. The van der Waals surface area contributed by atoms with Crippen LogP contribution >= 0.6 is 0 Å². The number of methoxy groups -OCH3 is 1. The summed E-state index contributed by atoms with van der Waals surface area (Å²) in [4.78, 5) is 19.0. The summed E-state index contributed by atoms with van der Waals surface area (Å²) in [7, 11) is 1.62. The van der Waals surface area contributed by atoms with Gasteiger partial charge in [0.05, 0.1) is 5.69 Å². The van der Waals surface area contributed by atoms with Crippen molar-refractivity contribution in [3.05, 3.63) is 27.4 Å². The molecule has 1 aromatic heterocycles. The zero-order valence-electron chi connectivity index (χ0n) is 9.17. The van der Waals surface area contributed by atoms with Crippen molar-refractivity contribution in [3.8, 4) is 0 Å². The lowest BCUT2D eigenvalue weighted by atomic mass is 9.97. The molecule has 0 saturated carbocycles. The predicted molar refractivity (Wildman–Crippen MR) is 56.9 cm³/mol. The number of fused-ring (bicyclic) bond motifs is 1. The lowest BCUT2D eigenvalue weighted by Gasteiger charge is -2.16. The molecule has 0 amide bonds. The first-order chi connectivity index (χ1) is 7.22. The summed E-state index contributed by atoms with van der Waals surface area (Å²) in [6.07, 6.45) is 3.85. The number of aryl methyl sites for hydroxylation is 1. The normalized spacial score (nSPS) is 17.2.